The third kappa shape index (κ3) is 4.18. The van der Waals surface area contributed by atoms with Crippen LogP contribution in [0.15, 0.2) is 0 Å². The van der Waals surface area contributed by atoms with Crippen LogP contribution in [-0.2, 0) is 14.4 Å². The average molecular weight is 274 g/mol. The summed E-state index contributed by atoms with van der Waals surface area (Å²) in [5.74, 6) is -2.71. The SMILES string of the molecule is N[C@@H](CCCC(=O)O)C(=O)N1C[C@H](O)C[C@H]1C(=O)O. The van der Waals surface area contributed by atoms with Crippen molar-refractivity contribution in [1.82, 2.24) is 4.90 Å². The van der Waals surface area contributed by atoms with E-state index in [0.717, 1.165) is 4.90 Å². The number of hydrogen-bond donors (Lipinski definition) is 4. The number of nitrogens with two attached hydrogens (primary N) is 1. The number of hydrogen-bond acceptors (Lipinski definition) is 5. The fraction of sp³-hybridized carbons (Fsp3) is 0.727. The lowest BCUT2D eigenvalue weighted by Gasteiger charge is -2.24. The number of carbonyl (C=O) groups excluding carboxylic acids is 1. The van der Waals surface area contributed by atoms with Crippen LogP contribution in [0, 0.1) is 0 Å². The Morgan fingerprint density at radius 2 is 1.95 bits per heavy atom. The number of carboxylic acid groups (broad SMARTS) is 2. The number of carboxylic acids is 2. The summed E-state index contributed by atoms with van der Waals surface area (Å²) in [6, 6.07) is -2.00. The average Bonchev–Trinajstić information content (AvgIpc) is 2.69. The second-order valence-corrected chi connectivity index (χ2v) is 4.63. The molecular formula is C11H18N2O6. The Kier molecular flexibility index (Phi) is 5.25. The molecular weight excluding hydrogens is 256 g/mol. The van der Waals surface area contributed by atoms with Crippen LogP contribution in [0.2, 0.25) is 0 Å². The summed E-state index contributed by atoms with van der Waals surface area (Å²) in [7, 11) is 0. The zero-order chi connectivity index (χ0) is 14.6. The van der Waals surface area contributed by atoms with Gasteiger partial charge in [0.2, 0.25) is 5.91 Å². The molecule has 0 radical (unpaired) electrons. The molecule has 8 nitrogen and oxygen atoms in total. The summed E-state index contributed by atoms with van der Waals surface area (Å²) >= 11 is 0. The van der Waals surface area contributed by atoms with Gasteiger partial charge in [0.1, 0.15) is 6.04 Å². The summed E-state index contributed by atoms with van der Waals surface area (Å²) in [6.45, 7) is -0.0531. The van der Waals surface area contributed by atoms with Gasteiger partial charge in [-0.3, -0.25) is 9.59 Å². The van der Waals surface area contributed by atoms with E-state index in [9.17, 15) is 19.5 Å². The number of likely N-dealkylation sites (tertiary alicyclic amines) is 1. The van der Waals surface area contributed by atoms with Crippen molar-refractivity contribution in [3.8, 4) is 0 Å². The molecule has 0 bridgehead atoms. The van der Waals surface area contributed by atoms with Crippen LogP contribution in [0.5, 0.6) is 0 Å². The molecule has 0 saturated carbocycles. The summed E-state index contributed by atoms with van der Waals surface area (Å²) in [5.41, 5.74) is 5.63. The van der Waals surface area contributed by atoms with Crippen LogP contribution in [0.25, 0.3) is 0 Å². The predicted molar refractivity (Wildman–Crippen MR) is 63.2 cm³/mol. The molecule has 3 atom stereocenters. The predicted octanol–water partition coefficient (Wildman–Crippen LogP) is -1.38. The van der Waals surface area contributed by atoms with E-state index in [1.807, 2.05) is 0 Å². The first-order chi connectivity index (χ1) is 8.82. The van der Waals surface area contributed by atoms with Crippen molar-refractivity contribution in [1.29, 1.82) is 0 Å². The van der Waals surface area contributed by atoms with Crippen molar-refractivity contribution in [2.45, 2.75) is 43.9 Å². The summed E-state index contributed by atoms with van der Waals surface area (Å²) in [4.78, 5) is 34.3. The first-order valence-corrected chi connectivity index (χ1v) is 6.01. The number of nitrogens with zero attached hydrogens (tertiary/aromatic N) is 1. The highest BCUT2D eigenvalue weighted by Crippen LogP contribution is 2.19. The molecule has 0 aliphatic carbocycles. The lowest BCUT2D eigenvalue weighted by atomic mass is 10.1. The van der Waals surface area contributed by atoms with Crippen molar-refractivity contribution < 1.29 is 29.7 Å². The smallest absolute Gasteiger partial charge is 0.326 e. The van der Waals surface area contributed by atoms with Gasteiger partial charge in [-0.1, -0.05) is 0 Å². The first-order valence-electron chi connectivity index (χ1n) is 6.01. The Morgan fingerprint density at radius 3 is 2.47 bits per heavy atom. The van der Waals surface area contributed by atoms with Crippen LogP contribution in [0.3, 0.4) is 0 Å². The van der Waals surface area contributed by atoms with Gasteiger partial charge in [-0.15, -0.1) is 0 Å². The highest BCUT2D eigenvalue weighted by Gasteiger charge is 2.40. The Morgan fingerprint density at radius 1 is 1.32 bits per heavy atom. The van der Waals surface area contributed by atoms with Gasteiger partial charge < -0.3 is 26.0 Å². The van der Waals surface area contributed by atoms with Crippen LogP contribution in [0.1, 0.15) is 25.7 Å². The third-order valence-electron chi connectivity index (χ3n) is 3.07. The number of rotatable bonds is 6. The van der Waals surface area contributed by atoms with Gasteiger partial charge in [-0.25, -0.2) is 4.79 Å². The molecule has 0 aromatic heterocycles. The van der Waals surface area contributed by atoms with Gasteiger partial charge in [0.25, 0.3) is 0 Å². The topological polar surface area (TPSA) is 141 Å². The van der Waals surface area contributed by atoms with Gasteiger partial charge in [0, 0.05) is 19.4 Å². The fourth-order valence-corrected chi connectivity index (χ4v) is 2.10. The zero-order valence-electron chi connectivity index (χ0n) is 10.4. The molecule has 1 heterocycles. The maximum absolute atomic E-state index is 12.0. The van der Waals surface area contributed by atoms with E-state index in [1.165, 1.54) is 0 Å². The van der Waals surface area contributed by atoms with E-state index in [4.69, 9.17) is 15.9 Å². The van der Waals surface area contributed by atoms with Gasteiger partial charge in [0.05, 0.1) is 12.1 Å². The highest BCUT2D eigenvalue weighted by atomic mass is 16.4. The molecule has 108 valence electrons. The molecule has 1 aliphatic rings. The van der Waals surface area contributed by atoms with E-state index < -0.39 is 36.0 Å². The van der Waals surface area contributed by atoms with Crippen molar-refractivity contribution in [2.75, 3.05) is 6.54 Å². The van der Waals surface area contributed by atoms with Crippen LogP contribution in [0.4, 0.5) is 0 Å². The zero-order valence-corrected chi connectivity index (χ0v) is 10.4. The Labute approximate surface area is 109 Å². The van der Waals surface area contributed by atoms with Crippen LogP contribution < -0.4 is 5.73 Å². The largest absolute Gasteiger partial charge is 0.481 e. The summed E-state index contributed by atoms with van der Waals surface area (Å²) in [5, 5.41) is 26.9. The molecule has 5 N–H and O–H groups in total. The summed E-state index contributed by atoms with van der Waals surface area (Å²) in [6.07, 6.45) is -0.550. The van der Waals surface area contributed by atoms with E-state index in [-0.39, 0.29) is 32.2 Å². The Hall–Kier alpha value is -1.67. The Balaban J connectivity index is 2.55. The van der Waals surface area contributed by atoms with Crippen molar-refractivity contribution in [3.05, 3.63) is 0 Å². The molecule has 0 spiro atoms. The monoisotopic (exact) mass is 274 g/mol. The minimum absolute atomic E-state index is 0.0110. The van der Waals surface area contributed by atoms with Gasteiger partial charge >= 0.3 is 11.9 Å². The van der Waals surface area contributed by atoms with Crippen LogP contribution in [-0.4, -0.2) is 62.8 Å². The quantitative estimate of drug-likeness (QED) is 0.467. The molecule has 0 aromatic rings. The first kappa shape index (κ1) is 15.4. The summed E-state index contributed by atoms with van der Waals surface area (Å²) < 4.78 is 0. The van der Waals surface area contributed by atoms with Crippen molar-refractivity contribution in [3.63, 3.8) is 0 Å². The van der Waals surface area contributed by atoms with Gasteiger partial charge in [0.15, 0.2) is 0 Å². The normalized spacial score (nSPS) is 24.2. The van der Waals surface area contributed by atoms with E-state index >= 15 is 0 Å². The lowest BCUT2D eigenvalue weighted by molar-refractivity contribution is -0.148. The molecule has 0 aromatic carbocycles. The minimum Gasteiger partial charge on any atom is -0.481 e. The highest BCUT2D eigenvalue weighted by molar-refractivity contribution is 5.87. The van der Waals surface area contributed by atoms with Gasteiger partial charge in [-0.05, 0) is 12.8 Å². The van der Waals surface area contributed by atoms with Crippen molar-refractivity contribution >= 4 is 17.8 Å². The molecule has 1 rings (SSSR count). The fourth-order valence-electron chi connectivity index (χ4n) is 2.10. The standard InChI is InChI=1S/C11H18N2O6/c12-7(2-1-3-9(15)16)10(17)13-5-6(14)4-8(13)11(18)19/h6-8,14H,1-5,12H2,(H,15,16)(H,18,19)/t6-,7+,8+/m1/s1. The number of aliphatic hydroxyl groups excluding tert-OH is 1. The second-order valence-electron chi connectivity index (χ2n) is 4.63. The third-order valence-corrected chi connectivity index (χ3v) is 3.07. The molecule has 1 aliphatic heterocycles. The molecule has 1 amide bonds. The number of carbonyl (C=O) groups is 3. The number of aliphatic hydroxyl groups is 1. The Bertz CT molecular complexity index is 372. The number of aliphatic carboxylic acids is 2. The van der Waals surface area contributed by atoms with E-state index in [0.29, 0.717) is 0 Å². The maximum Gasteiger partial charge on any atom is 0.326 e. The molecule has 0 unspecified atom stereocenters. The van der Waals surface area contributed by atoms with Crippen LogP contribution >= 0.6 is 0 Å². The maximum atomic E-state index is 12.0. The molecule has 8 heteroatoms. The van der Waals surface area contributed by atoms with Gasteiger partial charge in [-0.2, -0.15) is 0 Å². The second kappa shape index (κ2) is 6.48. The molecule has 1 saturated heterocycles. The number of β-amino-alcohol motifs (C(OH)–C–C–N with tert-alkyl or cyclic N) is 1. The molecule has 1 fully saturated rings. The van der Waals surface area contributed by atoms with E-state index in [1.54, 1.807) is 0 Å². The van der Waals surface area contributed by atoms with Crippen molar-refractivity contribution in [2.24, 2.45) is 5.73 Å². The number of amides is 1. The lowest BCUT2D eigenvalue weighted by Crippen LogP contribution is -2.48. The van der Waals surface area contributed by atoms with E-state index in [2.05, 4.69) is 0 Å². The molecule has 19 heavy (non-hydrogen) atoms. The minimum atomic E-state index is -1.18.